The lowest BCUT2D eigenvalue weighted by Gasteiger charge is -2.23. The topological polar surface area (TPSA) is 54.8 Å². The number of nitrogens with zero attached hydrogens (tertiary/aromatic N) is 3. The van der Waals surface area contributed by atoms with Crippen LogP contribution in [0.25, 0.3) is 0 Å². The molecule has 1 unspecified atom stereocenters. The maximum Gasteiger partial charge on any atom is 0.0692 e. The fourth-order valence-electron chi connectivity index (χ4n) is 1.76. The molecule has 0 bridgehead atoms. The van der Waals surface area contributed by atoms with Gasteiger partial charge in [-0.1, -0.05) is 5.21 Å². The number of hydrogen-bond acceptors (Lipinski definition) is 4. The van der Waals surface area contributed by atoms with Crippen LogP contribution < -0.4 is 10.6 Å². The van der Waals surface area contributed by atoms with Crippen LogP contribution in [-0.2, 0) is 6.54 Å². The van der Waals surface area contributed by atoms with E-state index in [0.717, 1.165) is 19.6 Å². The Morgan fingerprint density at radius 2 is 2.57 bits per heavy atom. The fourth-order valence-corrected chi connectivity index (χ4v) is 1.76. The lowest BCUT2D eigenvalue weighted by Crippen LogP contribution is -2.44. The average Bonchev–Trinajstić information content (AvgIpc) is 2.72. The third kappa shape index (κ3) is 2.78. The Balaban J connectivity index is 1.62. The summed E-state index contributed by atoms with van der Waals surface area (Å²) in [4.78, 5) is 0. The first-order chi connectivity index (χ1) is 6.95. The largest absolute Gasteiger partial charge is 0.315 e. The molecular formula is C9H17N5. The summed E-state index contributed by atoms with van der Waals surface area (Å²) in [5.41, 5.74) is 0. The standard InChI is InChI=1S/C9H17N5/c1-2-9(8-10-3-1)11-4-6-14-7-5-12-13-14/h5,7,9-11H,1-4,6,8H2. The molecule has 1 aromatic heterocycles. The van der Waals surface area contributed by atoms with Gasteiger partial charge in [0, 0.05) is 25.3 Å². The van der Waals surface area contributed by atoms with Crippen molar-refractivity contribution >= 4 is 0 Å². The molecule has 1 fully saturated rings. The van der Waals surface area contributed by atoms with E-state index in [9.17, 15) is 0 Å². The molecule has 5 heteroatoms. The van der Waals surface area contributed by atoms with Gasteiger partial charge in [-0.2, -0.15) is 0 Å². The Labute approximate surface area is 83.9 Å². The average molecular weight is 195 g/mol. The normalized spacial score (nSPS) is 22.4. The van der Waals surface area contributed by atoms with Crippen molar-refractivity contribution < 1.29 is 0 Å². The zero-order valence-electron chi connectivity index (χ0n) is 8.32. The molecule has 0 saturated carbocycles. The third-order valence-corrected chi connectivity index (χ3v) is 2.54. The van der Waals surface area contributed by atoms with E-state index in [2.05, 4.69) is 20.9 Å². The first kappa shape index (κ1) is 9.61. The van der Waals surface area contributed by atoms with Gasteiger partial charge >= 0.3 is 0 Å². The van der Waals surface area contributed by atoms with Gasteiger partial charge in [0.25, 0.3) is 0 Å². The van der Waals surface area contributed by atoms with E-state index in [-0.39, 0.29) is 0 Å². The molecule has 1 aromatic rings. The summed E-state index contributed by atoms with van der Waals surface area (Å²) in [7, 11) is 0. The van der Waals surface area contributed by atoms with Crippen LogP contribution in [-0.4, -0.2) is 40.7 Å². The lowest BCUT2D eigenvalue weighted by molar-refractivity contribution is 0.379. The molecule has 0 aliphatic carbocycles. The van der Waals surface area contributed by atoms with Gasteiger partial charge in [0.2, 0.25) is 0 Å². The molecule has 0 amide bonds. The van der Waals surface area contributed by atoms with Crippen LogP contribution in [0, 0.1) is 0 Å². The zero-order chi connectivity index (χ0) is 9.64. The number of rotatable bonds is 4. The second kappa shape index (κ2) is 5.07. The highest BCUT2D eigenvalue weighted by Gasteiger charge is 2.10. The van der Waals surface area contributed by atoms with Crippen molar-refractivity contribution in [2.45, 2.75) is 25.4 Å². The molecule has 2 N–H and O–H groups in total. The molecule has 0 radical (unpaired) electrons. The quantitative estimate of drug-likeness (QED) is 0.687. The molecule has 1 saturated heterocycles. The van der Waals surface area contributed by atoms with E-state index in [0.29, 0.717) is 6.04 Å². The van der Waals surface area contributed by atoms with E-state index >= 15 is 0 Å². The minimum atomic E-state index is 0.632. The molecular weight excluding hydrogens is 178 g/mol. The van der Waals surface area contributed by atoms with Crippen LogP contribution in [0.3, 0.4) is 0 Å². The molecule has 5 nitrogen and oxygen atoms in total. The smallest absolute Gasteiger partial charge is 0.0692 e. The maximum absolute atomic E-state index is 3.91. The van der Waals surface area contributed by atoms with Crippen molar-refractivity contribution in [2.75, 3.05) is 19.6 Å². The molecule has 1 aliphatic rings. The highest BCUT2D eigenvalue weighted by Crippen LogP contribution is 2.00. The molecule has 1 aliphatic heterocycles. The van der Waals surface area contributed by atoms with Crippen LogP contribution in [0.2, 0.25) is 0 Å². The van der Waals surface area contributed by atoms with Gasteiger partial charge in [-0.25, -0.2) is 0 Å². The predicted molar refractivity (Wildman–Crippen MR) is 53.9 cm³/mol. The van der Waals surface area contributed by atoms with Crippen molar-refractivity contribution in [1.82, 2.24) is 25.6 Å². The summed E-state index contributed by atoms with van der Waals surface area (Å²) < 4.78 is 1.85. The summed E-state index contributed by atoms with van der Waals surface area (Å²) >= 11 is 0. The molecule has 14 heavy (non-hydrogen) atoms. The summed E-state index contributed by atoms with van der Waals surface area (Å²) in [5.74, 6) is 0. The van der Waals surface area contributed by atoms with E-state index in [1.165, 1.54) is 19.4 Å². The van der Waals surface area contributed by atoms with Gasteiger partial charge in [-0.05, 0) is 19.4 Å². The Bertz CT molecular complexity index is 240. The Kier molecular flexibility index (Phi) is 3.48. The van der Waals surface area contributed by atoms with Gasteiger partial charge in [0.05, 0.1) is 12.7 Å². The summed E-state index contributed by atoms with van der Waals surface area (Å²) in [6.07, 6.45) is 6.16. The van der Waals surface area contributed by atoms with Crippen molar-refractivity contribution in [3.8, 4) is 0 Å². The number of hydrogen-bond donors (Lipinski definition) is 2. The molecule has 0 spiro atoms. The van der Waals surface area contributed by atoms with E-state index in [1.807, 2.05) is 10.9 Å². The van der Waals surface area contributed by atoms with Crippen LogP contribution >= 0.6 is 0 Å². The van der Waals surface area contributed by atoms with E-state index in [4.69, 9.17) is 0 Å². The van der Waals surface area contributed by atoms with Crippen LogP contribution in [0.15, 0.2) is 12.4 Å². The highest BCUT2D eigenvalue weighted by atomic mass is 15.4. The molecule has 2 heterocycles. The first-order valence-corrected chi connectivity index (χ1v) is 5.23. The van der Waals surface area contributed by atoms with Gasteiger partial charge in [-0.3, -0.25) is 4.68 Å². The Morgan fingerprint density at radius 3 is 3.29 bits per heavy atom. The van der Waals surface area contributed by atoms with Crippen molar-refractivity contribution in [1.29, 1.82) is 0 Å². The molecule has 1 atom stereocenters. The van der Waals surface area contributed by atoms with Crippen LogP contribution in [0.5, 0.6) is 0 Å². The van der Waals surface area contributed by atoms with Crippen molar-refractivity contribution in [3.63, 3.8) is 0 Å². The van der Waals surface area contributed by atoms with Gasteiger partial charge in [0.15, 0.2) is 0 Å². The Hall–Kier alpha value is -0.940. The second-order valence-corrected chi connectivity index (χ2v) is 3.66. The lowest BCUT2D eigenvalue weighted by atomic mass is 10.1. The molecule has 78 valence electrons. The number of aromatic nitrogens is 3. The molecule has 2 rings (SSSR count). The monoisotopic (exact) mass is 195 g/mol. The van der Waals surface area contributed by atoms with Crippen molar-refractivity contribution in [2.24, 2.45) is 0 Å². The fraction of sp³-hybridized carbons (Fsp3) is 0.778. The van der Waals surface area contributed by atoms with Crippen molar-refractivity contribution in [3.05, 3.63) is 12.4 Å². The number of nitrogens with one attached hydrogen (secondary N) is 2. The zero-order valence-corrected chi connectivity index (χ0v) is 8.32. The maximum atomic E-state index is 3.91. The summed E-state index contributed by atoms with van der Waals surface area (Å²) in [5, 5.41) is 14.6. The highest BCUT2D eigenvalue weighted by molar-refractivity contribution is 4.75. The van der Waals surface area contributed by atoms with E-state index < -0.39 is 0 Å². The SMILES string of the molecule is c1cn(CCNC2CCCNC2)nn1. The van der Waals surface area contributed by atoms with E-state index in [1.54, 1.807) is 6.20 Å². The third-order valence-electron chi connectivity index (χ3n) is 2.54. The summed E-state index contributed by atoms with van der Waals surface area (Å²) in [6.45, 7) is 4.13. The number of piperidine rings is 1. The minimum absolute atomic E-state index is 0.632. The minimum Gasteiger partial charge on any atom is -0.315 e. The van der Waals surface area contributed by atoms with Gasteiger partial charge in [0.1, 0.15) is 0 Å². The van der Waals surface area contributed by atoms with Crippen LogP contribution in [0.4, 0.5) is 0 Å². The van der Waals surface area contributed by atoms with Gasteiger partial charge < -0.3 is 10.6 Å². The van der Waals surface area contributed by atoms with Gasteiger partial charge in [-0.15, -0.1) is 5.10 Å². The van der Waals surface area contributed by atoms with Crippen LogP contribution in [0.1, 0.15) is 12.8 Å². The Morgan fingerprint density at radius 1 is 1.57 bits per heavy atom. The summed E-state index contributed by atoms with van der Waals surface area (Å²) in [6, 6.07) is 0.632. The second-order valence-electron chi connectivity index (χ2n) is 3.66. The molecule has 0 aromatic carbocycles. The first-order valence-electron chi connectivity index (χ1n) is 5.23. The predicted octanol–water partition coefficient (Wildman–Crippen LogP) is -0.380.